The smallest absolute Gasteiger partial charge is 0.265 e. The summed E-state index contributed by atoms with van der Waals surface area (Å²) in [6.07, 6.45) is -0.720. The third-order valence-electron chi connectivity index (χ3n) is 5.43. The van der Waals surface area contributed by atoms with Gasteiger partial charge in [-0.05, 0) is 49.9 Å². The van der Waals surface area contributed by atoms with E-state index in [1.165, 1.54) is 0 Å². The first kappa shape index (κ1) is 20.6. The number of anilines is 1. The molecule has 4 aromatic rings. The maximum absolute atomic E-state index is 12.8. The average molecular weight is 415 g/mol. The van der Waals surface area contributed by atoms with E-state index < -0.39 is 6.10 Å². The molecule has 0 fully saturated rings. The molecule has 2 aromatic heterocycles. The first-order chi connectivity index (χ1) is 14.8. The summed E-state index contributed by atoms with van der Waals surface area (Å²) in [6, 6.07) is 17.9. The lowest BCUT2D eigenvalue weighted by Crippen LogP contribution is -2.31. The number of hydrogen-bond donors (Lipinski definition) is 1. The molecular weight excluding hydrogens is 388 g/mol. The van der Waals surface area contributed by atoms with Crippen LogP contribution in [-0.2, 0) is 11.8 Å². The lowest BCUT2D eigenvalue weighted by atomic mass is 10.0. The highest BCUT2D eigenvalue weighted by molar-refractivity contribution is 5.97. The van der Waals surface area contributed by atoms with Crippen LogP contribution in [0.25, 0.3) is 22.2 Å². The largest absolute Gasteiger partial charge is 0.464 e. The number of carbonyl (C=O) groups is 1. The lowest BCUT2D eigenvalue weighted by Gasteiger charge is -2.17. The van der Waals surface area contributed by atoms with Crippen molar-refractivity contribution in [3.05, 3.63) is 71.4 Å². The molecule has 0 unspecified atom stereocenters. The normalized spacial score (nSPS) is 12.0. The van der Waals surface area contributed by atoms with E-state index in [0.717, 1.165) is 44.7 Å². The van der Waals surface area contributed by atoms with Gasteiger partial charge in [0.15, 0.2) is 11.8 Å². The molecule has 0 aliphatic rings. The zero-order chi connectivity index (χ0) is 22.1. The zero-order valence-electron chi connectivity index (χ0n) is 18.4. The number of ether oxygens (including phenoxy) is 1. The van der Waals surface area contributed by atoms with Crippen LogP contribution in [0, 0.1) is 20.8 Å². The molecule has 1 atom stereocenters. The van der Waals surface area contributed by atoms with Crippen LogP contribution in [0.15, 0.2) is 54.6 Å². The first-order valence-electron chi connectivity index (χ1n) is 10.3. The van der Waals surface area contributed by atoms with Crippen LogP contribution < -0.4 is 10.1 Å². The summed E-state index contributed by atoms with van der Waals surface area (Å²) >= 11 is 0. The monoisotopic (exact) mass is 414 g/mol. The number of nitrogens with zero attached hydrogens (tertiary/aromatic N) is 3. The van der Waals surface area contributed by atoms with Gasteiger partial charge in [-0.3, -0.25) is 9.48 Å². The van der Waals surface area contributed by atoms with Crippen molar-refractivity contribution in [3.63, 3.8) is 0 Å². The fraction of sp³-hybridized carbons (Fsp3) is 0.240. The van der Waals surface area contributed by atoms with Crippen LogP contribution in [0.3, 0.4) is 0 Å². The number of para-hydroxylation sites is 1. The van der Waals surface area contributed by atoms with Crippen molar-refractivity contribution in [1.82, 2.24) is 14.8 Å². The molecule has 31 heavy (non-hydrogen) atoms. The topological polar surface area (TPSA) is 69.0 Å². The Kier molecular flexibility index (Phi) is 5.46. The van der Waals surface area contributed by atoms with Gasteiger partial charge in [-0.1, -0.05) is 48.5 Å². The van der Waals surface area contributed by atoms with Gasteiger partial charge in [-0.15, -0.1) is 0 Å². The molecule has 0 saturated carbocycles. The van der Waals surface area contributed by atoms with Crippen molar-refractivity contribution in [2.24, 2.45) is 7.05 Å². The van der Waals surface area contributed by atoms with Crippen molar-refractivity contribution in [1.29, 1.82) is 0 Å². The van der Waals surface area contributed by atoms with Crippen molar-refractivity contribution in [2.45, 2.75) is 33.8 Å². The summed E-state index contributed by atoms with van der Waals surface area (Å²) in [7, 11) is 1.86. The number of pyridine rings is 1. The minimum atomic E-state index is -0.720. The second kappa shape index (κ2) is 8.22. The number of fused-ring (bicyclic) bond motifs is 1. The Morgan fingerprint density at radius 2 is 1.71 bits per heavy atom. The van der Waals surface area contributed by atoms with Crippen LogP contribution in [-0.4, -0.2) is 26.8 Å². The van der Waals surface area contributed by atoms with Gasteiger partial charge in [0.05, 0.1) is 11.1 Å². The van der Waals surface area contributed by atoms with E-state index >= 15 is 0 Å². The van der Waals surface area contributed by atoms with Gasteiger partial charge in [-0.2, -0.15) is 10.1 Å². The average Bonchev–Trinajstić information content (AvgIpc) is 3.04. The number of aromatic nitrogens is 3. The Morgan fingerprint density at radius 1 is 1.03 bits per heavy atom. The highest BCUT2D eigenvalue weighted by Gasteiger charge is 2.20. The summed E-state index contributed by atoms with van der Waals surface area (Å²) in [6.45, 7) is 7.64. The van der Waals surface area contributed by atoms with Gasteiger partial charge in [0.1, 0.15) is 0 Å². The van der Waals surface area contributed by atoms with E-state index in [0.29, 0.717) is 5.88 Å². The van der Waals surface area contributed by atoms with E-state index in [1.807, 2.05) is 82.4 Å². The third-order valence-corrected chi connectivity index (χ3v) is 5.43. The third kappa shape index (κ3) is 4.01. The Morgan fingerprint density at radius 3 is 2.39 bits per heavy atom. The molecule has 1 N–H and O–H groups in total. The van der Waals surface area contributed by atoms with E-state index in [1.54, 1.807) is 11.6 Å². The SMILES string of the molecule is Cc1cccc(C)c1NC(=O)[C@@H](C)Oc1cc(-c2ccccc2)c2c(C)nn(C)c2n1. The molecule has 0 spiro atoms. The van der Waals surface area contributed by atoms with Crippen LogP contribution in [0.4, 0.5) is 5.69 Å². The van der Waals surface area contributed by atoms with Crippen molar-refractivity contribution in [2.75, 3.05) is 5.32 Å². The zero-order valence-corrected chi connectivity index (χ0v) is 18.4. The Balaban J connectivity index is 1.67. The molecule has 0 radical (unpaired) electrons. The van der Waals surface area contributed by atoms with Gasteiger partial charge in [0.2, 0.25) is 5.88 Å². The molecular formula is C25H26N4O2. The molecule has 2 aromatic carbocycles. The van der Waals surface area contributed by atoms with Crippen LogP contribution >= 0.6 is 0 Å². The van der Waals surface area contributed by atoms with Gasteiger partial charge in [0, 0.05) is 18.8 Å². The van der Waals surface area contributed by atoms with Crippen LogP contribution in [0.1, 0.15) is 23.7 Å². The molecule has 6 heteroatoms. The number of benzene rings is 2. The van der Waals surface area contributed by atoms with Crippen molar-refractivity contribution in [3.8, 4) is 17.0 Å². The van der Waals surface area contributed by atoms with Gasteiger partial charge in [-0.25, -0.2) is 0 Å². The van der Waals surface area contributed by atoms with E-state index in [-0.39, 0.29) is 5.91 Å². The number of aryl methyl sites for hydroxylation is 4. The molecule has 2 heterocycles. The summed E-state index contributed by atoms with van der Waals surface area (Å²) in [5, 5.41) is 8.49. The number of rotatable bonds is 5. The summed E-state index contributed by atoms with van der Waals surface area (Å²) in [5.74, 6) is 0.167. The second-order valence-electron chi connectivity index (χ2n) is 7.80. The molecule has 0 saturated heterocycles. The number of hydrogen-bond acceptors (Lipinski definition) is 4. The summed E-state index contributed by atoms with van der Waals surface area (Å²) in [5.41, 5.74) is 6.48. The molecule has 4 rings (SSSR count). The van der Waals surface area contributed by atoms with Gasteiger partial charge < -0.3 is 10.1 Å². The van der Waals surface area contributed by atoms with E-state index in [9.17, 15) is 4.79 Å². The Bertz CT molecular complexity index is 1240. The number of carbonyl (C=O) groups excluding carboxylic acids is 1. The fourth-order valence-corrected chi connectivity index (χ4v) is 3.80. The van der Waals surface area contributed by atoms with Crippen molar-refractivity contribution >= 4 is 22.6 Å². The number of nitrogens with one attached hydrogen (secondary N) is 1. The summed E-state index contributed by atoms with van der Waals surface area (Å²) in [4.78, 5) is 17.5. The van der Waals surface area contributed by atoms with Crippen molar-refractivity contribution < 1.29 is 9.53 Å². The number of amides is 1. The molecule has 0 bridgehead atoms. The minimum absolute atomic E-state index is 0.221. The summed E-state index contributed by atoms with van der Waals surface area (Å²) < 4.78 is 7.74. The Labute approximate surface area is 181 Å². The van der Waals surface area contributed by atoms with E-state index in [4.69, 9.17) is 4.74 Å². The lowest BCUT2D eigenvalue weighted by molar-refractivity contribution is -0.122. The molecule has 158 valence electrons. The highest BCUT2D eigenvalue weighted by Crippen LogP contribution is 2.33. The molecule has 0 aliphatic carbocycles. The maximum atomic E-state index is 12.8. The predicted molar refractivity (Wildman–Crippen MR) is 123 cm³/mol. The fourth-order valence-electron chi connectivity index (χ4n) is 3.80. The molecule has 0 aliphatic heterocycles. The van der Waals surface area contributed by atoms with Crippen LogP contribution in [0.2, 0.25) is 0 Å². The Hall–Kier alpha value is -3.67. The maximum Gasteiger partial charge on any atom is 0.265 e. The second-order valence-corrected chi connectivity index (χ2v) is 7.80. The molecule has 6 nitrogen and oxygen atoms in total. The predicted octanol–water partition coefficient (Wildman–Crippen LogP) is 4.97. The molecule has 1 amide bonds. The van der Waals surface area contributed by atoms with Gasteiger partial charge >= 0.3 is 0 Å². The standard InChI is InChI=1S/C25H26N4O2/c1-15-10-9-11-16(2)23(15)27-25(30)18(4)31-21-14-20(19-12-7-6-8-13-19)22-17(3)28-29(5)24(22)26-21/h6-14,18H,1-5H3,(H,27,30)/t18-/m1/s1. The minimum Gasteiger partial charge on any atom is -0.464 e. The highest BCUT2D eigenvalue weighted by atomic mass is 16.5. The van der Waals surface area contributed by atoms with E-state index in [2.05, 4.69) is 15.4 Å². The van der Waals surface area contributed by atoms with Crippen LogP contribution in [0.5, 0.6) is 5.88 Å². The quantitative estimate of drug-likeness (QED) is 0.501. The van der Waals surface area contributed by atoms with Gasteiger partial charge in [0.25, 0.3) is 5.91 Å². The first-order valence-corrected chi connectivity index (χ1v) is 10.3.